The number of hydrazine groups is 1. The molecule has 1 atom stereocenters. The molecule has 0 spiro atoms. The fourth-order valence-electron chi connectivity index (χ4n) is 2.16. The van der Waals surface area contributed by atoms with Crippen LogP contribution in [0.3, 0.4) is 0 Å². The Morgan fingerprint density at radius 2 is 2.10 bits per heavy atom. The van der Waals surface area contributed by atoms with Gasteiger partial charge in [-0.1, -0.05) is 12.1 Å². The Balaban J connectivity index is 2.01. The minimum atomic E-state index is -0.220. The number of nitrogens with zero attached hydrogens (tertiary/aromatic N) is 2. The zero-order chi connectivity index (χ0) is 14.5. The lowest BCUT2D eigenvalue weighted by Gasteiger charge is -2.15. The summed E-state index contributed by atoms with van der Waals surface area (Å²) in [5.74, 6) is 5.37. The van der Waals surface area contributed by atoms with Gasteiger partial charge in [0.1, 0.15) is 5.82 Å². The molecule has 2 aromatic rings. The predicted octanol–water partition coefficient (Wildman–Crippen LogP) is 2.22. The molecule has 1 aromatic carbocycles. The van der Waals surface area contributed by atoms with Crippen molar-refractivity contribution in [2.75, 3.05) is 0 Å². The quantitative estimate of drug-likeness (QED) is 0.628. The lowest BCUT2D eigenvalue weighted by atomic mass is 10.0. The van der Waals surface area contributed by atoms with Crippen LogP contribution in [0.2, 0.25) is 0 Å². The van der Waals surface area contributed by atoms with Crippen molar-refractivity contribution in [2.45, 2.75) is 38.8 Å². The van der Waals surface area contributed by atoms with Crippen LogP contribution in [0.25, 0.3) is 0 Å². The molecule has 20 heavy (non-hydrogen) atoms. The van der Waals surface area contributed by atoms with Crippen molar-refractivity contribution >= 4 is 0 Å². The number of nitrogens with two attached hydrogens (primary N) is 1. The molecule has 108 valence electrons. The van der Waals surface area contributed by atoms with Gasteiger partial charge in [0, 0.05) is 24.7 Å². The molecule has 0 aliphatic heterocycles. The Morgan fingerprint density at radius 3 is 2.70 bits per heavy atom. The maximum Gasteiger partial charge on any atom is 0.123 e. The van der Waals surface area contributed by atoms with Crippen LogP contribution in [0.4, 0.5) is 4.39 Å². The predicted molar refractivity (Wildman–Crippen MR) is 77.5 cm³/mol. The standard InChI is InChI=1S/C15H21FN4/c1-11(2)20-7-6-14(19-20)10-15(18-17)9-12-4-3-5-13(16)8-12/h3-8,11,15,18H,9-10,17H2,1-2H3. The monoisotopic (exact) mass is 276 g/mol. The number of benzene rings is 1. The van der Waals surface area contributed by atoms with Crippen LogP contribution in [-0.2, 0) is 12.8 Å². The summed E-state index contributed by atoms with van der Waals surface area (Å²) in [5.41, 5.74) is 4.70. The molecule has 2 rings (SSSR count). The molecule has 0 saturated heterocycles. The van der Waals surface area contributed by atoms with E-state index in [0.29, 0.717) is 18.9 Å². The highest BCUT2D eigenvalue weighted by Gasteiger charge is 2.12. The highest BCUT2D eigenvalue weighted by atomic mass is 19.1. The van der Waals surface area contributed by atoms with Crippen molar-refractivity contribution in [3.8, 4) is 0 Å². The van der Waals surface area contributed by atoms with Gasteiger partial charge in [0.2, 0.25) is 0 Å². The second-order valence-corrected chi connectivity index (χ2v) is 5.28. The zero-order valence-electron chi connectivity index (χ0n) is 11.9. The van der Waals surface area contributed by atoms with Gasteiger partial charge in [0.25, 0.3) is 0 Å². The number of rotatable bonds is 6. The van der Waals surface area contributed by atoms with E-state index in [1.165, 1.54) is 12.1 Å². The number of aromatic nitrogens is 2. The molecule has 0 saturated carbocycles. The van der Waals surface area contributed by atoms with Gasteiger partial charge < -0.3 is 0 Å². The first-order chi connectivity index (χ1) is 9.58. The topological polar surface area (TPSA) is 55.9 Å². The van der Waals surface area contributed by atoms with Crippen LogP contribution < -0.4 is 11.3 Å². The average Bonchev–Trinajstić information content (AvgIpc) is 2.87. The molecule has 0 aliphatic rings. The second kappa shape index (κ2) is 6.63. The minimum absolute atomic E-state index is 0.0345. The molecule has 5 heteroatoms. The van der Waals surface area contributed by atoms with Gasteiger partial charge in [-0.05, 0) is 44.0 Å². The van der Waals surface area contributed by atoms with Gasteiger partial charge >= 0.3 is 0 Å². The Hall–Kier alpha value is -1.72. The first-order valence-corrected chi connectivity index (χ1v) is 6.83. The average molecular weight is 276 g/mol. The van der Waals surface area contributed by atoms with E-state index < -0.39 is 0 Å². The van der Waals surface area contributed by atoms with Crippen molar-refractivity contribution < 1.29 is 4.39 Å². The van der Waals surface area contributed by atoms with Gasteiger partial charge in [-0.25, -0.2) is 4.39 Å². The highest BCUT2D eigenvalue weighted by Crippen LogP contribution is 2.11. The smallest absolute Gasteiger partial charge is 0.123 e. The Morgan fingerprint density at radius 1 is 1.30 bits per heavy atom. The second-order valence-electron chi connectivity index (χ2n) is 5.28. The SMILES string of the molecule is CC(C)n1ccc(CC(Cc2cccc(F)c2)NN)n1. The molecule has 0 bridgehead atoms. The summed E-state index contributed by atoms with van der Waals surface area (Å²) >= 11 is 0. The third kappa shape index (κ3) is 3.88. The summed E-state index contributed by atoms with van der Waals surface area (Å²) in [6.45, 7) is 4.17. The first-order valence-electron chi connectivity index (χ1n) is 6.83. The molecule has 4 nitrogen and oxygen atoms in total. The summed E-state index contributed by atoms with van der Waals surface area (Å²) in [6.07, 6.45) is 3.35. The fourth-order valence-corrected chi connectivity index (χ4v) is 2.16. The number of nitrogens with one attached hydrogen (secondary N) is 1. The van der Waals surface area contributed by atoms with Crippen molar-refractivity contribution in [1.82, 2.24) is 15.2 Å². The Labute approximate surface area is 118 Å². The van der Waals surface area contributed by atoms with Crippen LogP contribution in [0.15, 0.2) is 36.5 Å². The largest absolute Gasteiger partial charge is 0.271 e. The van der Waals surface area contributed by atoms with E-state index in [2.05, 4.69) is 24.4 Å². The minimum Gasteiger partial charge on any atom is -0.271 e. The van der Waals surface area contributed by atoms with Crippen LogP contribution in [0.1, 0.15) is 31.1 Å². The lowest BCUT2D eigenvalue weighted by Crippen LogP contribution is -2.38. The highest BCUT2D eigenvalue weighted by molar-refractivity contribution is 5.18. The van der Waals surface area contributed by atoms with Crippen molar-refractivity contribution in [1.29, 1.82) is 0 Å². The van der Waals surface area contributed by atoms with Crippen LogP contribution in [-0.4, -0.2) is 15.8 Å². The molecule has 0 aliphatic carbocycles. The molecule has 0 amide bonds. The summed E-state index contributed by atoms with van der Waals surface area (Å²) < 4.78 is 15.1. The van der Waals surface area contributed by atoms with E-state index in [-0.39, 0.29) is 11.9 Å². The van der Waals surface area contributed by atoms with Crippen molar-refractivity contribution in [2.24, 2.45) is 5.84 Å². The van der Waals surface area contributed by atoms with E-state index in [1.807, 2.05) is 23.0 Å². The summed E-state index contributed by atoms with van der Waals surface area (Å²) in [6, 6.07) is 8.97. The van der Waals surface area contributed by atoms with Gasteiger partial charge in [0.15, 0.2) is 0 Å². The number of halogens is 1. The molecule has 0 fully saturated rings. The van der Waals surface area contributed by atoms with Gasteiger partial charge in [0.05, 0.1) is 5.69 Å². The summed E-state index contributed by atoms with van der Waals surface area (Å²) in [4.78, 5) is 0. The fraction of sp³-hybridized carbons (Fsp3) is 0.400. The lowest BCUT2D eigenvalue weighted by molar-refractivity contribution is 0.494. The van der Waals surface area contributed by atoms with Gasteiger partial charge in [-0.3, -0.25) is 16.0 Å². The molecular formula is C15H21FN4. The van der Waals surface area contributed by atoms with E-state index in [1.54, 1.807) is 6.07 Å². The molecule has 0 radical (unpaired) electrons. The molecule has 1 aromatic heterocycles. The van der Waals surface area contributed by atoms with Crippen molar-refractivity contribution in [3.63, 3.8) is 0 Å². The molecule has 1 heterocycles. The maximum atomic E-state index is 13.2. The normalized spacial score (nSPS) is 12.8. The van der Waals surface area contributed by atoms with E-state index in [9.17, 15) is 4.39 Å². The zero-order valence-corrected chi connectivity index (χ0v) is 11.9. The third-order valence-corrected chi connectivity index (χ3v) is 3.26. The molecular weight excluding hydrogens is 255 g/mol. The van der Waals surface area contributed by atoms with E-state index in [4.69, 9.17) is 5.84 Å². The Bertz CT molecular complexity index is 550. The summed E-state index contributed by atoms with van der Waals surface area (Å²) in [7, 11) is 0. The molecule has 1 unspecified atom stereocenters. The van der Waals surface area contributed by atoms with Crippen molar-refractivity contribution in [3.05, 3.63) is 53.6 Å². The van der Waals surface area contributed by atoms with Gasteiger partial charge in [-0.2, -0.15) is 5.10 Å². The third-order valence-electron chi connectivity index (χ3n) is 3.26. The maximum absolute atomic E-state index is 13.2. The van der Waals surface area contributed by atoms with Crippen LogP contribution >= 0.6 is 0 Å². The van der Waals surface area contributed by atoms with E-state index >= 15 is 0 Å². The first kappa shape index (κ1) is 14.7. The number of hydrogen-bond donors (Lipinski definition) is 2. The number of hydrogen-bond acceptors (Lipinski definition) is 3. The summed E-state index contributed by atoms with van der Waals surface area (Å²) in [5, 5.41) is 4.50. The van der Waals surface area contributed by atoms with Crippen LogP contribution in [0, 0.1) is 5.82 Å². The van der Waals surface area contributed by atoms with Gasteiger partial charge in [-0.15, -0.1) is 0 Å². The van der Waals surface area contributed by atoms with Crippen LogP contribution in [0.5, 0.6) is 0 Å². The van der Waals surface area contributed by atoms with E-state index in [0.717, 1.165) is 11.3 Å². The molecule has 3 N–H and O–H groups in total. The Kier molecular flexibility index (Phi) is 4.87.